The molecule has 20 heavy (non-hydrogen) atoms. The number of ether oxygens (including phenoxy) is 2. The molecular formula is C16H22N2O2. The first-order valence-electron chi connectivity index (χ1n) is 7.08. The van der Waals surface area contributed by atoms with Gasteiger partial charge in [-0.1, -0.05) is 26.0 Å². The molecule has 0 aliphatic rings. The monoisotopic (exact) mass is 274 g/mol. The summed E-state index contributed by atoms with van der Waals surface area (Å²) < 4.78 is 13.5. The van der Waals surface area contributed by atoms with Crippen molar-refractivity contribution in [3.05, 3.63) is 42.5 Å². The number of benzene rings is 1. The van der Waals surface area contributed by atoms with Gasteiger partial charge in [0.05, 0.1) is 13.2 Å². The van der Waals surface area contributed by atoms with Gasteiger partial charge in [-0.15, -0.1) is 0 Å². The zero-order valence-electron chi connectivity index (χ0n) is 12.4. The number of para-hydroxylation sites is 2. The summed E-state index contributed by atoms with van der Waals surface area (Å²) in [4.78, 5) is 4.37. The van der Waals surface area contributed by atoms with Crippen molar-refractivity contribution in [3.63, 3.8) is 0 Å². The Kier molecular flexibility index (Phi) is 5.04. The average molecular weight is 274 g/mol. The van der Waals surface area contributed by atoms with Crippen molar-refractivity contribution in [1.29, 1.82) is 0 Å². The second-order valence-corrected chi connectivity index (χ2v) is 4.86. The van der Waals surface area contributed by atoms with E-state index >= 15 is 0 Å². The third-order valence-corrected chi connectivity index (χ3v) is 3.00. The van der Waals surface area contributed by atoms with Crippen LogP contribution in [0.3, 0.4) is 0 Å². The van der Waals surface area contributed by atoms with Gasteiger partial charge in [0.1, 0.15) is 12.4 Å². The lowest BCUT2D eigenvalue weighted by molar-refractivity contribution is 0.265. The maximum absolute atomic E-state index is 5.82. The van der Waals surface area contributed by atoms with E-state index < -0.39 is 0 Å². The Morgan fingerprint density at radius 1 is 1.15 bits per heavy atom. The minimum atomic E-state index is 0.417. The van der Waals surface area contributed by atoms with Gasteiger partial charge < -0.3 is 14.0 Å². The minimum Gasteiger partial charge on any atom is -0.490 e. The van der Waals surface area contributed by atoms with Crippen LogP contribution in [0.15, 0.2) is 36.7 Å². The molecule has 1 aromatic carbocycles. The van der Waals surface area contributed by atoms with Crippen molar-refractivity contribution >= 4 is 0 Å². The van der Waals surface area contributed by atoms with Crippen LogP contribution in [-0.2, 0) is 6.54 Å². The number of rotatable bonds is 7. The number of hydrogen-bond donors (Lipinski definition) is 0. The summed E-state index contributed by atoms with van der Waals surface area (Å²) in [7, 11) is 0. The van der Waals surface area contributed by atoms with E-state index in [4.69, 9.17) is 9.47 Å². The van der Waals surface area contributed by atoms with Crippen LogP contribution in [0.2, 0.25) is 0 Å². The quantitative estimate of drug-likeness (QED) is 0.775. The molecule has 0 unspecified atom stereocenters. The van der Waals surface area contributed by atoms with Gasteiger partial charge >= 0.3 is 0 Å². The lowest BCUT2D eigenvalue weighted by atomic mass is 10.2. The summed E-state index contributed by atoms with van der Waals surface area (Å²) in [6, 6.07) is 7.76. The van der Waals surface area contributed by atoms with Gasteiger partial charge in [0.15, 0.2) is 11.5 Å². The molecule has 0 atom stereocenters. The number of hydrogen-bond acceptors (Lipinski definition) is 3. The first-order valence-corrected chi connectivity index (χ1v) is 7.08. The van der Waals surface area contributed by atoms with E-state index in [1.54, 1.807) is 0 Å². The topological polar surface area (TPSA) is 36.3 Å². The molecule has 0 aliphatic carbocycles. The first-order chi connectivity index (χ1) is 9.72. The highest BCUT2D eigenvalue weighted by Gasteiger charge is 2.08. The normalized spacial score (nSPS) is 10.8. The molecule has 1 heterocycles. The van der Waals surface area contributed by atoms with Crippen LogP contribution >= 0.6 is 0 Å². The van der Waals surface area contributed by atoms with Crippen molar-refractivity contribution in [3.8, 4) is 11.5 Å². The summed E-state index contributed by atoms with van der Waals surface area (Å²) in [5.41, 5.74) is 0. The van der Waals surface area contributed by atoms with Crippen LogP contribution in [0.4, 0.5) is 0 Å². The van der Waals surface area contributed by atoms with Gasteiger partial charge in [-0.3, -0.25) is 0 Å². The Labute approximate surface area is 120 Å². The van der Waals surface area contributed by atoms with E-state index in [-0.39, 0.29) is 0 Å². The van der Waals surface area contributed by atoms with Crippen molar-refractivity contribution in [2.75, 3.05) is 13.2 Å². The maximum Gasteiger partial charge on any atom is 0.161 e. The van der Waals surface area contributed by atoms with Crippen molar-refractivity contribution < 1.29 is 9.47 Å². The van der Waals surface area contributed by atoms with Crippen LogP contribution < -0.4 is 9.47 Å². The smallest absolute Gasteiger partial charge is 0.161 e. The molecule has 0 N–H and O–H groups in total. The van der Waals surface area contributed by atoms with Gasteiger partial charge in [-0.05, 0) is 19.1 Å². The fraction of sp³-hybridized carbons (Fsp3) is 0.438. The summed E-state index contributed by atoms with van der Waals surface area (Å²) >= 11 is 0. The molecule has 0 aliphatic heterocycles. The number of aromatic nitrogens is 2. The van der Waals surface area contributed by atoms with Crippen molar-refractivity contribution in [2.24, 2.45) is 0 Å². The zero-order valence-corrected chi connectivity index (χ0v) is 12.4. The van der Waals surface area contributed by atoms with E-state index in [1.807, 2.05) is 43.6 Å². The minimum absolute atomic E-state index is 0.417. The lowest BCUT2D eigenvalue weighted by Crippen LogP contribution is -2.11. The van der Waals surface area contributed by atoms with Crippen LogP contribution in [0.1, 0.15) is 32.5 Å². The zero-order chi connectivity index (χ0) is 14.4. The van der Waals surface area contributed by atoms with Crippen LogP contribution in [0, 0.1) is 0 Å². The second kappa shape index (κ2) is 6.98. The lowest BCUT2D eigenvalue weighted by Gasteiger charge is -2.13. The molecule has 0 amide bonds. The fourth-order valence-electron chi connectivity index (χ4n) is 2.11. The van der Waals surface area contributed by atoms with E-state index in [0.29, 0.717) is 19.1 Å². The largest absolute Gasteiger partial charge is 0.490 e. The van der Waals surface area contributed by atoms with Crippen molar-refractivity contribution in [2.45, 2.75) is 33.2 Å². The number of nitrogens with zero attached hydrogens (tertiary/aromatic N) is 2. The molecule has 4 nitrogen and oxygen atoms in total. The Morgan fingerprint density at radius 2 is 1.85 bits per heavy atom. The highest BCUT2D eigenvalue weighted by atomic mass is 16.5. The summed E-state index contributed by atoms with van der Waals surface area (Å²) in [5.74, 6) is 3.10. The SMILES string of the molecule is CCOc1ccccc1OCCn1ccnc1C(C)C. The van der Waals surface area contributed by atoms with E-state index in [9.17, 15) is 0 Å². The van der Waals surface area contributed by atoms with E-state index in [1.165, 1.54) is 0 Å². The van der Waals surface area contributed by atoms with Gasteiger partial charge in [0.25, 0.3) is 0 Å². The molecule has 2 aromatic rings. The summed E-state index contributed by atoms with van der Waals surface area (Å²) in [5, 5.41) is 0. The highest BCUT2D eigenvalue weighted by molar-refractivity contribution is 5.39. The molecule has 0 bridgehead atoms. The third kappa shape index (κ3) is 3.53. The van der Waals surface area contributed by atoms with Crippen LogP contribution in [-0.4, -0.2) is 22.8 Å². The Balaban J connectivity index is 1.94. The average Bonchev–Trinajstić information content (AvgIpc) is 2.90. The van der Waals surface area contributed by atoms with E-state index in [0.717, 1.165) is 23.9 Å². The molecule has 1 aromatic heterocycles. The first kappa shape index (κ1) is 14.4. The van der Waals surface area contributed by atoms with Crippen LogP contribution in [0.5, 0.6) is 11.5 Å². The highest BCUT2D eigenvalue weighted by Crippen LogP contribution is 2.26. The van der Waals surface area contributed by atoms with Gasteiger partial charge in [-0.25, -0.2) is 4.98 Å². The van der Waals surface area contributed by atoms with Crippen LogP contribution in [0.25, 0.3) is 0 Å². The third-order valence-electron chi connectivity index (χ3n) is 3.00. The van der Waals surface area contributed by atoms with Gasteiger partial charge in [0.2, 0.25) is 0 Å². The Hall–Kier alpha value is -1.97. The fourth-order valence-corrected chi connectivity index (χ4v) is 2.11. The maximum atomic E-state index is 5.82. The molecular weight excluding hydrogens is 252 g/mol. The predicted octanol–water partition coefficient (Wildman–Crippen LogP) is 3.48. The Bertz CT molecular complexity index is 535. The molecule has 0 saturated heterocycles. The molecule has 0 fully saturated rings. The van der Waals surface area contributed by atoms with Gasteiger partial charge in [0, 0.05) is 18.3 Å². The molecule has 0 radical (unpaired) electrons. The Morgan fingerprint density at radius 3 is 2.50 bits per heavy atom. The standard InChI is InChI=1S/C16H22N2O2/c1-4-19-14-7-5-6-8-15(14)20-12-11-18-10-9-17-16(18)13(2)3/h5-10,13H,4,11-12H2,1-3H3. The second-order valence-electron chi connectivity index (χ2n) is 4.86. The van der Waals surface area contributed by atoms with Crippen molar-refractivity contribution in [1.82, 2.24) is 9.55 Å². The molecule has 108 valence electrons. The summed E-state index contributed by atoms with van der Waals surface area (Å²) in [6.45, 7) is 8.28. The molecule has 2 rings (SSSR count). The molecule has 0 spiro atoms. The number of imidazole rings is 1. The molecule has 0 saturated carbocycles. The predicted molar refractivity (Wildman–Crippen MR) is 79.4 cm³/mol. The summed E-state index contributed by atoms with van der Waals surface area (Å²) in [6.07, 6.45) is 3.83. The van der Waals surface area contributed by atoms with E-state index in [2.05, 4.69) is 23.4 Å². The van der Waals surface area contributed by atoms with Gasteiger partial charge in [-0.2, -0.15) is 0 Å². The molecule has 4 heteroatoms.